The molecule has 4 aliphatic heterocycles. The number of unbranched alkanes of at least 4 members (excludes halogenated alkanes) is 2. The van der Waals surface area contributed by atoms with Crippen molar-refractivity contribution >= 4 is 20.2 Å². The van der Waals surface area contributed by atoms with Crippen molar-refractivity contribution in [2.75, 3.05) is 26.4 Å². The van der Waals surface area contributed by atoms with Gasteiger partial charge in [0.05, 0.1) is 26.4 Å². The van der Waals surface area contributed by atoms with Gasteiger partial charge in [-0.1, -0.05) is 85.1 Å². The van der Waals surface area contributed by atoms with Crippen molar-refractivity contribution in [1.82, 2.24) is 4.98 Å². The summed E-state index contributed by atoms with van der Waals surface area (Å²) in [5.74, 6) is -3.31. The maximum absolute atomic E-state index is 13.4. The largest absolute Gasteiger partial charge is 0.367 e. The third kappa shape index (κ3) is 7.56. The van der Waals surface area contributed by atoms with E-state index in [9.17, 15) is 25.9 Å². The van der Waals surface area contributed by atoms with Gasteiger partial charge in [0.15, 0.2) is 0 Å². The second-order valence-corrected chi connectivity index (χ2v) is 19.0. The first-order chi connectivity index (χ1) is 24.0. The van der Waals surface area contributed by atoms with Gasteiger partial charge in [-0.05, 0) is 50.7 Å². The summed E-state index contributed by atoms with van der Waals surface area (Å²) in [6, 6.07) is 5.72. The lowest BCUT2D eigenvalue weighted by atomic mass is 9.66. The molecule has 51 heavy (non-hydrogen) atoms. The topological polar surface area (TPSA) is 168 Å². The van der Waals surface area contributed by atoms with Crippen molar-refractivity contribution in [1.29, 1.82) is 0 Å². The predicted octanol–water partition coefficient (Wildman–Crippen LogP) is 7.14. The van der Waals surface area contributed by atoms with Crippen LogP contribution in [0.1, 0.15) is 131 Å². The van der Waals surface area contributed by atoms with E-state index in [2.05, 4.69) is 18.8 Å². The van der Waals surface area contributed by atoms with E-state index in [0.717, 1.165) is 51.4 Å². The molecule has 12 nitrogen and oxygen atoms in total. The van der Waals surface area contributed by atoms with E-state index in [1.54, 1.807) is 12.4 Å². The number of aromatic nitrogens is 1. The van der Waals surface area contributed by atoms with Gasteiger partial charge in [-0.15, -0.1) is 0 Å². The van der Waals surface area contributed by atoms with Crippen LogP contribution in [0, 0.1) is 11.8 Å². The Morgan fingerprint density at radius 3 is 1.20 bits per heavy atom. The Hall–Kier alpha value is -1.23. The van der Waals surface area contributed by atoms with Crippen LogP contribution in [-0.4, -0.2) is 89.6 Å². The van der Waals surface area contributed by atoms with Crippen molar-refractivity contribution in [3.63, 3.8) is 0 Å². The fourth-order valence-electron chi connectivity index (χ4n) is 8.92. The van der Waals surface area contributed by atoms with Crippen LogP contribution in [0.3, 0.4) is 0 Å². The molecule has 4 fully saturated rings. The van der Waals surface area contributed by atoms with Gasteiger partial charge < -0.3 is 23.7 Å². The van der Waals surface area contributed by atoms with Gasteiger partial charge in [-0.3, -0.25) is 14.1 Å². The molecule has 1 aromatic heterocycles. The van der Waals surface area contributed by atoms with Crippen LogP contribution < -0.4 is 0 Å². The third-order valence-corrected chi connectivity index (χ3v) is 15.8. The minimum atomic E-state index is -4.72. The maximum Gasteiger partial charge on any atom is 0.273 e. The third-order valence-electron chi connectivity index (χ3n) is 12.6. The lowest BCUT2D eigenvalue weighted by Crippen LogP contribution is -2.85. The molecule has 0 spiro atoms. The summed E-state index contributed by atoms with van der Waals surface area (Å²) in [5, 5.41) is 0. The number of hydrogen-bond acceptors (Lipinski definition) is 10. The normalized spacial score (nSPS) is 32.6. The average molecular weight is 762 g/mol. The molecule has 1 aromatic rings. The molecule has 0 bridgehead atoms. The maximum atomic E-state index is 13.4. The number of rotatable bonds is 20. The quantitative estimate of drug-likeness (QED) is 0.129. The van der Waals surface area contributed by atoms with Gasteiger partial charge in [0.1, 0.15) is 20.7 Å². The van der Waals surface area contributed by atoms with E-state index in [4.69, 9.17) is 23.7 Å². The summed E-state index contributed by atoms with van der Waals surface area (Å²) in [4.78, 5) is 3.78. The second-order valence-electron chi connectivity index (χ2n) is 15.3. The highest BCUT2D eigenvalue weighted by molar-refractivity contribution is 7.87. The van der Waals surface area contributed by atoms with E-state index in [1.165, 1.54) is 13.8 Å². The zero-order valence-electron chi connectivity index (χ0n) is 31.6. The minimum absolute atomic E-state index is 0.00205. The fraction of sp³-hybridized carbons (Fsp3) is 0.865. The molecular formula is C37H63NO11S2. The Kier molecular flexibility index (Phi) is 13.9. The van der Waals surface area contributed by atoms with Crippen molar-refractivity contribution in [3.8, 4) is 0 Å². The smallest absolute Gasteiger partial charge is 0.273 e. The molecule has 2 N–H and O–H groups in total. The Bertz CT molecular complexity index is 1340. The van der Waals surface area contributed by atoms with Crippen LogP contribution in [0.5, 0.6) is 0 Å². The van der Waals surface area contributed by atoms with Gasteiger partial charge in [-0.25, -0.2) is 0 Å². The molecule has 294 valence electrons. The number of pyridine rings is 1. The molecule has 4 saturated heterocycles. The molecule has 0 aliphatic carbocycles. The Morgan fingerprint density at radius 2 is 1.02 bits per heavy atom. The highest BCUT2D eigenvalue weighted by Crippen LogP contribution is 2.64. The first-order valence-corrected chi connectivity index (χ1v) is 21.9. The van der Waals surface area contributed by atoms with Crippen LogP contribution in [0.15, 0.2) is 30.6 Å². The summed E-state index contributed by atoms with van der Waals surface area (Å²) < 4.78 is 104. The molecule has 14 heteroatoms. The Balaban J connectivity index is 0.000000878. The SMILES string of the molecule is CCCCC(CC)CC(C)(C1(C2(OC3(C4(C(C)(CC(CC)CCCC)S(=O)(=O)O)CCO4)CCO3)CCO2)CCO1)S(=O)(=O)O.c1ccncc1. The summed E-state index contributed by atoms with van der Waals surface area (Å²) in [6.45, 7) is 12.3. The lowest BCUT2D eigenvalue weighted by Gasteiger charge is -2.70. The monoisotopic (exact) mass is 761 g/mol. The van der Waals surface area contributed by atoms with E-state index < -0.39 is 52.5 Å². The summed E-state index contributed by atoms with van der Waals surface area (Å²) in [5.41, 5.74) is -3.16. The molecule has 4 aliphatic rings. The molecule has 5 rings (SSSR count). The fourth-order valence-corrected chi connectivity index (χ4v) is 11.3. The summed E-state index contributed by atoms with van der Waals surface area (Å²) >= 11 is 0. The number of nitrogens with zero attached hydrogens (tertiary/aromatic N) is 1. The van der Waals surface area contributed by atoms with Gasteiger partial charge in [0.25, 0.3) is 20.2 Å². The highest BCUT2D eigenvalue weighted by atomic mass is 32.2. The van der Waals surface area contributed by atoms with Crippen LogP contribution in [-0.2, 0) is 43.9 Å². The first-order valence-electron chi connectivity index (χ1n) is 19.1. The molecule has 0 aromatic carbocycles. The highest BCUT2D eigenvalue weighted by Gasteiger charge is 2.80. The van der Waals surface area contributed by atoms with Gasteiger partial charge >= 0.3 is 0 Å². The molecule has 5 heterocycles. The predicted molar refractivity (Wildman–Crippen MR) is 194 cm³/mol. The molecule has 0 radical (unpaired) electrons. The van der Waals surface area contributed by atoms with Gasteiger partial charge in [0, 0.05) is 38.1 Å². The summed E-state index contributed by atoms with van der Waals surface area (Å²) in [6.07, 6.45) is 11.6. The van der Waals surface area contributed by atoms with E-state index in [0.29, 0.717) is 0 Å². The average Bonchev–Trinajstić information content (AvgIpc) is 3.01. The number of ether oxygens (including phenoxy) is 5. The van der Waals surface area contributed by atoms with E-state index >= 15 is 0 Å². The van der Waals surface area contributed by atoms with Crippen molar-refractivity contribution in [3.05, 3.63) is 30.6 Å². The van der Waals surface area contributed by atoms with Crippen LogP contribution in [0.25, 0.3) is 0 Å². The van der Waals surface area contributed by atoms with Gasteiger partial charge in [-0.2, -0.15) is 16.8 Å². The molecule has 0 amide bonds. The zero-order valence-corrected chi connectivity index (χ0v) is 33.2. The van der Waals surface area contributed by atoms with Crippen LogP contribution >= 0.6 is 0 Å². The standard InChI is InChI=1S/C32H58O11S2.C5H5N/c1-7-11-13-25(9-3)23-27(5,44(33,34)35)29(15-19-39-29)31(17-21-41-31)43-32(18-22-42-32)30(16-20-40-30)28(6,45(36,37)38)24-26(10-4)14-12-8-2;1-2-4-6-5-3-1/h25-26H,7-24H2,1-6H3,(H,33,34,35)(H,36,37,38);1-5H. The van der Waals surface area contributed by atoms with Gasteiger partial charge in [0.2, 0.25) is 11.6 Å². The second kappa shape index (κ2) is 16.6. The Labute approximate surface area is 306 Å². The number of hydrogen-bond donors (Lipinski definition) is 2. The Morgan fingerprint density at radius 1 is 0.667 bits per heavy atom. The van der Waals surface area contributed by atoms with Crippen molar-refractivity contribution < 1.29 is 49.6 Å². The minimum Gasteiger partial charge on any atom is -0.367 e. The van der Waals surface area contributed by atoms with Crippen LogP contribution in [0.4, 0.5) is 0 Å². The lowest BCUT2D eigenvalue weighted by molar-refractivity contribution is -0.522. The van der Waals surface area contributed by atoms with E-state index in [-0.39, 0.29) is 76.8 Å². The molecule has 0 saturated carbocycles. The van der Waals surface area contributed by atoms with Crippen molar-refractivity contribution in [2.24, 2.45) is 11.8 Å². The van der Waals surface area contributed by atoms with Crippen molar-refractivity contribution in [2.45, 2.75) is 164 Å². The molecular weight excluding hydrogens is 699 g/mol. The van der Waals surface area contributed by atoms with Crippen LogP contribution in [0.2, 0.25) is 0 Å². The molecule has 8 unspecified atom stereocenters. The first kappa shape index (κ1) is 42.5. The zero-order chi connectivity index (χ0) is 37.7. The van der Waals surface area contributed by atoms with E-state index in [1.807, 2.05) is 32.0 Å². The molecule has 8 atom stereocenters. The summed E-state index contributed by atoms with van der Waals surface area (Å²) in [7, 11) is -9.43.